The van der Waals surface area contributed by atoms with Crippen molar-refractivity contribution in [3.8, 4) is 5.88 Å². The van der Waals surface area contributed by atoms with Crippen molar-refractivity contribution in [1.82, 2.24) is 9.88 Å². The van der Waals surface area contributed by atoms with Crippen molar-refractivity contribution >= 4 is 17.7 Å². The Labute approximate surface area is 117 Å². The molecule has 1 rings (SSSR count). The molecule has 1 heterocycles. The number of methoxy groups -OCH3 is 1. The molecule has 0 aromatic carbocycles. The van der Waals surface area contributed by atoms with Crippen LogP contribution in [0.3, 0.4) is 0 Å². The number of hydrogen-bond donors (Lipinski definition) is 2. The van der Waals surface area contributed by atoms with Gasteiger partial charge >= 0.3 is 12.0 Å². The molecule has 0 aliphatic rings. The first-order valence-corrected chi connectivity index (χ1v) is 6.04. The third-order valence-corrected chi connectivity index (χ3v) is 2.55. The number of ether oxygens (including phenoxy) is 1. The van der Waals surface area contributed by atoms with Crippen molar-refractivity contribution < 1.29 is 19.4 Å². The minimum atomic E-state index is -1.07. The summed E-state index contributed by atoms with van der Waals surface area (Å²) in [6.07, 6.45) is 1.44. The van der Waals surface area contributed by atoms with Crippen LogP contribution in [0.15, 0.2) is 18.3 Å². The Balaban J connectivity index is 2.82. The Bertz CT molecular complexity index is 479. The van der Waals surface area contributed by atoms with Crippen molar-refractivity contribution in [2.45, 2.75) is 26.3 Å². The van der Waals surface area contributed by atoms with Crippen molar-refractivity contribution in [2.75, 3.05) is 19.0 Å². The normalized spacial score (nSPS) is 10.8. The van der Waals surface area contributed by atoms with E-state index in [0.717, 1.165) is 0 Å². The average molecular weight is 281 g/mol. The van der Waals surface area contributed by atoms with E-state index in [1.54, 1.807) is 32.9 Å². The molecule has 0 aliphatic carbocycles. The fourth-order valence-corrected chi connectivity index (χ4v) is 1.51. The van der Waals surface area contributed by atoms with E-state index in [1.165, 1.54) is 18.2 Å². The Kier molecular flexibility index (Phi) is 4.90. The quantitative estimate of drug-likeness (QED) is 0.878. The smallest absolute Gasteiger partial charge is 0.323 e. The number of pyridine rings is 1. The molecular formula is C13H19N3O4. The number of carboxylic acids is 1. The SMILES string of the molecule is COc1ccc(NC(=O)N(CC(=O)O)C(C)(C)C)cn1. The fraction of sp³-hybridized carbons (Fsp3) is 0.462. The molecule has 1 aromatic heterocycles. The number of aliphatic carboxylic acids is 1. The zero-order chi connectivity index (χ0) is 15.3. The zero-order valence-corrected chi connectivity index (χ0v) is 12.0. The number of amides is 2. The zero-order valence-electron chi connectivity index (χ0n) is 12.0. The van der Waals surface area contributed by atoms with Gasteiger partial charge in [-0.05, 0) is 26.8 Å². The third kappa shape index (κ3) is 4.42. The van der Waals surface area contributed by atoms with Gasteiger partial charge in [0.1, 0.15) is 6.54 Å². The summed E-state index contributed by atoms with van der Waals surface area (Å²) in [6.45, 7) is 4.92. The first-order valence-electron chi connectivity index (χ1n) is 6.04. The van der Waals surface area contributed by atoms with Gasteiger partial charge in [0.25, 0.3) is 0 Å². The fourth-order valence-electron chi connectivity index (χ4n) is 1.51. The molecule has 1 aromatic rings. The first kappa shape index (κ1) is 15.7. The Morgan fingerprint density at radius 2 is 2.05 bits per heavy atom. The monoisotopic (exact) mass is 281 g/mol. The highest BCUT2D eigenvalue weighted by Gasteiger charge is 2.28. The summed E-state index contributed by atoms with van der Waals surface area (Å²) >= 11 is 0. The van der Waals surface area contributed by atoms with E-state index >= 15 is 0 Å². The van der Waals surface area contributed by atoms with E-state index < -0.39 is 17.5 Å². The van der Waals surface area contributed by atoms with Crippen LogP contribution in [0.1, 0.15) is 20.8 Å². The van der Waals surface area contributed by atoms with Crippen molar-refractivity contribution in [3.63, 3.8) is 0 Å². The van der Waals surface area contributed by atoms with E-state index in [9.17, 15) is 9.59 Å². The van der Waals surface area contributed by atoms with Gasteiger partial charge in [-0.25, -0.2) is 9.78 Å². The van der Waals surface area contributed by atoms with Gasteiger partial charge in [0.2, 0.25) is 5.88 Å². The van der Waals surface area contributed by atoms with Crippen LogP contribution in [0.2, 0.25) is 0 Å². The lowest BCUT2D eigenvalue weighted by atomic mass is 10.1. The molecule has 0 atom stereocenters. The highest BCUT2D eigenvalue weighted by molar-refractivity contribution is 5.91. The van der Waals surface area contributed by atoms with E-state index in [-0.39, 0.29) is 6.54 Å². The van der Waals surface area contributed by atoms with Crippen molar-refractivity contribution in [3.05, 3.63) is 18.3 Å². The molecular weight excluding hydrogens is 262 g/mol. The number of carbonyl (C=O) groups excluding carboxylic acids is 1. The van der Waals surface area contributed by atoms with E-state index in [0.29, 0.717) is 11.6 Å². The van der Waals surface area contributed by atoms with Crippen molar-refractivity contribution in [2.24, 2.45) is 0 Å². The summed E-state index contributed by atoms with van der Waals surface area (Å²) in [5.74, 6) is -0.635. The predicted octanol–water partition coefficient (Wildman–Crippen LogP) is 1.81. The molecule has 0 radical (unpaired) electrons. The lowest BCUT2D eigenvalue weighted by Gasteiger charge is -2.34. The molecule has 20 heavy (non-hydrogen) atoms. The lowest BCUT2D eigenvalue weighted by molar-refractivity contribution is -0.138. The van der Waals surface area contributed by atoms with Gasteiger partial charge in [-0.2, -0.15) is 0 Å². The molecule has 0 spiro atoms. The van der Waals surface area contributed by atoms with Crippen LogP contribution < -0.4 is 10.1 Å². The van der Waals surface area contributed by atoms with Gasteiger partial charge < -0.3 is 20.1 Å². The number of hydrogen-bond acceptors (Lipinski definition) is 4. The first-order chi connectivity index (χ1) is 9.24. The molecule has 2 N–H and O–H groups in total. The summed E-state index contributed by atoms with van der Waals surface area (Å²) in [4.78, 5) is 28.2. The number of carbonyl (C=O) groups is 2. The molecule has 7 nitrogen and oxygen atoms in total. The second-order valence-corrected chi connectivity index (χ2v) is 5.17. The number of carboxylic acid groups (broad SMARTS) is 1. The summed E-state index contributed by atoms with van der Waals surface area (Å²) in [5.41, 5.74) is -0.141. The van der Waals surface area contributed by atoms with Crippen LogP contribution in [0.4, 0.5) is 10.5 Å². The van der Waals surface area contributed by atoms with Crippen LogP contribution in [-0.4, -0.2) is 46.2 Å². The number of nitrogens with zero attached hydrogens (tertiary/aromatic N) is 2. The summed E-state index contributed by atoms with van der Waals surface area (Å²) < 4.78 is 4.92. The summed E-state index contributed by atoms with van der Waals surface area (Å²) in [5, 5.41) is 11.5. The molecule has 0 aliphatic heterocycles. The standard InChI is InChI=1S/C13H19N3O4/c1-13(2,3)16(8-11(17)18)12(19)15-9-5-6-10(20-4)14-7-9/h5-7H,8H2,1-4H3,(H,15,19)(H,17,18). The topological polar surface area (TPSA) is 91.8 Å². The number of urea groups is 1. The summed E-state index contributed by atoms with van der Waals surface area (Å²) in [7, 11) is 1.49. The molecule has 7 heteroatoms. The number of rotatable bonds is 4. The van der Waals surface area contributed by atoms with E-state index in [4.69, 9.17) is 9.84 Å². The number of anilines is 1. The maximum Gasteiger partial charge on any atom is 0.323 e. The van der Waals surface area contributed by atoms with Gasteiger partial charge in [-0.1, -0.05) is 0 Å². The maximum atomic E-state index is 12.1. The molecule has 0 saturated heterocycles. The van der Waals surface area contributed by atoms with Gasteiger partial charge in [-0.3, -0.25) is 4.79 Å². The second-order valence-electron chi connectivity index (χ2n) is 5.17. The third-order valence-electron chi connectivity index (χ3n) is 2.55. The van der Waals surface area contributed by atoms with E-state index in [1.807, 2.05) is 0 Å². The number of aromatic nitrogens is 1. The molecule has 0 fully saturated rings. The molecule has 0 bridgehead atoms. The van der Waals surface area contributed by atoms with Gasteiger partial charge in [0, 0.05) is 11.6 Å². The van der Waals surface area contributed by atoms with Gasteiger partial charge in [0.05, 0.1) is 19.0 Å². The highest BCUT2D eigenvalue weighted by Crippen LogP contribution is 2.16. The minimum absolute atomic E-state index is 0.376. The van der Waals surface area contributed by atoms with Crippen LogP contribution in [-0.2, 0) is 4.79 Å². The van der Waals surface area contributed by atoms with Crippen LogP contribution >= 0.6 is 0 Å². The van der Waals surface area contributed by atoms with Crippen LogP contribution in [0, 0.1) is 0 Å². The summed E-state index contributed by atoms with van der Waals surface area (Å²) in [6, 6.07) is 2.74. The lowest BCUT2D eigenvalue weighted by Crippen LogP contribution is -2.50. The number of nitrogens with one attached hydrogen (secondary N) is 1. The largest absolute Gasteiger partial charge is 0.481 e. The highest BCUT2D eigenvalue weighted by atomic mass is 16.5. The van der Waals surface area contributed by atoms with Gasteiger partial charge in [-0.15, -0.1) is 0 Å². The average Bonchev–Trinajstić information content (AvgIpc) is 2.35. The van der Waals surface area contributed by atoms with Crippen LogP contribution in [0.25, 0.3) is 0 Å². The van der Waals surface area contributed by atoms with E-state index in [2.05, 4.69) is 10.3 Å². The van der Waals surface area contributed by atoms with Crippen LogP contribution in [0.5, 0.6) is 5.88 Å². The minimum Gasteiger partial charge on any atom is -0.481 e. The Hall–Kier alpha value is -2.31. The molecule has 2 amide bonds. The second kappa shape index (κ2) is 6.23. The van der Waals surface area contributed by atoms with Gasteiger partial charge in [0.15, 0.2) is 0 Å². The molecule has 110 valence electrons. The van der Waals surface area contributed by atoms with Crippen molar-refractivity contribution in [1.29, 1.82) is 0 Å². The predicted molar refractivity (Wildman–Crippen MR) is 73.9 cm³/mol. The molecule has 0 unspecified atom stereocenters. The molecule has 0 saturated carbocycles. The Morgan fingerprint density at radius 1 is 1.40 bits per heavy atom. The maximum absolute atomic E-state index is 12.1. The Morgan fingerprint density at radius 3 is 2.45 bits per heavy atom.